The van der Waals surface area contributed by atoms with Crippen LogP contribution >= 0.6 is 0 Å². The molecule has 1 heterocycles. The van der Waals surface area contributed by atoms with Gasteiger partial charge < -0.3 is 15.4 Å². The van der Waals surface area contributed by atoms with Crippen molar-refractivity contribution in [2.75, 3.05) is 0 Å². The third-order valence-electron chi connectivity index (χ3n) is 3.59. The fourth-order valence-corrected chi connectivity index (χ4v) is 2.39. The number of hydrogen-bond acceptors (Lipinski definition) is 3. The van der Waals surface area contributed by atoms with Crippen molar-refractivity contribution >= 4 is 22.6 Å². The molecule has 23 heavy (non-hydrogen) atoms. The van der Waals surface area contributed by atoms with E-state index >= 15 is 0 Å². The lowest BCUT2D eigenvalue weighted by molar-refractivity contribution is -0.139. The number of imidazole rings is 1. The second kappa shape index (κ2) is 6.31. The molecule has 0 saturated heterocycles. The first-order chi connectivity index (χ1) is 11.1. The summed E-state index contributed by atoms with van der Waals surface area (Å²) in [5, 5.41) is 13.8. The number of benzene rings is 2. The second-order valence-electron chi connectivity index (χ2n) is 5.21. The van der Waals surface area contributed by atoms with E-state index in [1.54, 1.807) is 12.1 Å². The Morgan fingerprint density at radius 1 is 1.17 bits per heavy atom. The first kappa shape index (κ1) is 14.8. The van der Waals surface area contributed by atoms with Gasteiger partial charge in [-0.05, 0) is 22.9 Å². The molecule has 0 aliphatic rings. The maximum atomic E-state index is 12.3. The predicted octanol–water partition coefficient (Wildman–Crippen LogP) is 1.99. The van der Waals surface area contributed by atoms with Gasteiger partial charge in [0.05, 0.1) is 6.33 Å². The Morgan fingerprint density at radius 3 is 2.65 bits per heavy atom. The van der Waals surface area contributed by atoms with Gasteiger partial charge in [0.25, 0.3) is 5.91 Å². The predicted molar refractivity (Wildman–Crippen MR) is 85.1 cm³/mol. The topological polar surface area (TPSA) is 95.1 Å². The molecule has 0 saturated carbocycles. The number of amides is 1. The normalized spacial score (nSPS) is 12.0. The van der Waals surface area contributed by atoms with Gasteiger partial charge in [0, 0.05) is 23.9 Å². The first-order valence-electron chi connectivity index (χ1n) is 7.13. The highest BCUT2D eigenvalue weighted by molar-refractivity contribution is 6.00. The van der Waals surface area contributed by atoms with Gasteiger partial charge in [-0.25, -0.2) is 9.78 Å². The summed E-state index contributed by atoms with van der Waals surface area (Å²) in [4.78, 5) is 30.4. The highest BCUT2D eigenvalue weighted by Crippen LogP contribution is 2.15. The van der Waals surface area contributed by atoms with E-state index in [-0.39, 0.29) is 6.42 Å². The van der Waals surface area contributed by atoms with Crippen molar-refractivity contribution in [1.82, 2.24) is 15.3 Å². The molecule has 3 rings (SSSR count). The molecule has 0 radical (unpaired) electrons. The lowest BCUT2D eigenvalue weighted by atomic mass is 10.1. The molecule has 1 aromatic heterocycles. The van der Waals surface area contributed by atoms with E-state index in [0.29, 0.717) is 11.3 Å². The molecule has 2 aromatic carbocycles. The minimum atomic E-state index is -1.09. The number of hydrogen-bond donors (Lipinski definition) is 3. The summed E-state index contributed by atoms with van der Waals surface area (Å²) in [6, 6.07) is 11.9. The molecule has 0 spiro atoms. The average Bonchev–Trinajstić information content (AvgIpc) is 3.06. The molecule has 6 heteroatoms. The molecule has 0 aliphatic carbocycles. The molecular weight excluding hydrogens is 294 g/mol. The standard InChI is InChI=1S/C17H15N3O3/c21-16(13-6-5-11-3-1-2-4-12(11)7-13)20-15(17(22)23)8-14-9-18-10-19-14/h1-7,9-10,15H,8H2,(H,18,19)(H,20,21)(H,22,23)/t15-/m0/s1. The van der Waals surface area contributed by atoms with Gasteiger partial charge in [0.2, 0.25) is 0 Å². The Bertz CT molecular complexity index is 843. The van der Waals surface area contributed by atoms with Crippen molar-refractivity contribution in [2.45, 2.75) is 12.5 Å². The smallest absolute Gasteiger partial charge is 0.326 e. The van der Waals surface area contributed by atoms with Gasteiger partial charge >= 0.3 is 5.97 Å². The number of carboxylic acids is 1. The lowest BCUT2D eigenvalue weighted by Gasteiger charge is -2.14. The van der Waals surface area contributed by atoms with E-state index in [4.69, 9.17) is 0 Å². The Kier molecular flexibility index (Phi) is 4.05. The van der Waals surface area contributed by atoms with Gasteiger partial charge in [-0.15, -0.1) is 0 Å². The minimum absolute atomic E-state index is 0.147. The van der Waals surface area contributed by atoms with Crippen LogP contribution in [0.5, 0.6) is 0 Å². The van der Waals surface area contributed by atoms with Crippen molar-refractivity contribution in [3.63, 3.8) is 0 Å². The van der Waals surface area contributed by atoms with Crippen LogP contribution in [0.1, 0.15) is 16.1 Å². The fraction of sp³-hybridized carbons (Fsp3) is 0.118. The van der Waals surface area contributed by atoms with Gasteiger partial charge in [0.15, 0.2) is 0 Å². The van der Waals surface area contributed by atoms with Crippen molar-refractivity contribution in [2.24, 2.45) is 0 Å². The summed E-state index contributed by atoms with van der Waals surface area (Å²) in [7, 11) is 0. The average molecular weight is 309 g/mol. The number of aromatic amines is 1. The quantitative estimate of drug-likeness (QED) is 0.671. The third kappa shape index (κ3) is 3.37. The number of aliphatic carboxylic acids is 1. The summed E-state index contributed by atoms with van der Waals surface area (Å²) in [5.41, 5.74) is 1.08. The number of carbonyl (C=O) groups is 2. The molecule has 3 aromatic rings. The van der Waals surface area contributed by atoms with Crippen LogP contribution in [0.25, 0.3) is 10.8 Å². The first-order valence-corrected chi connectivity index (χ1v) is 7.13. The largest absolute Gasteiger partial charge is 0.480 e. The summed E-state index contributed by atoms with van der Waals surface area (Å²) in [5.74, 6) is -1.50. The van der Waals surface area contributed by atoms with E-state index < -0.39 is 17.9 Å². The summed E-state index contributed by atoms with van der Waals surface area (Å²) < 4.78 is 0. The zero-order valence-electron chi connectivity index (χ0n) is 12.2. The summed E-state index contributed by atoms with van der Waals surface area (Å²) in [6.45, 7) is 0. The molecule has 116 valence electrons. The Hall–Kier alpha value is -3.15. The molecule has 0 fully saturated rings. The highest BCUT2D eigenvalue weighted by atomic mass is 16.4. The Balaban J connectivity index is 1.78. The Morgan fingerprint density at radius 2 is 1.96 bits per heavy atom. The monoisotopic (exact) mass is 309 g/mol. The van der Waals surface area contributed by atoms with Crippen LogP contribution in [0.2, 0.25) is 0 Å². The molecule has 0 unspecified atom stereocenters. The van der Waals surface area contributed by atoms with E-state index in [2.05, 4.69) is 15.3 Å². The van der Waals surface area contributed by atoms with Crippen LogP contribution in [-0.4, -0.2) is 33.0 Å². The van der Waals surface area contributed by atoms with Crippen LogP contribution in [-0.2, 0) is 11.2 Å². The zero-order chi connectivity index (χ0) is 16.2. The number of fused-ring (bicyclic) bond motifs is 1. The van der Waals surface area contributed by atoms with E-state index in [0.717, 1.165) is 10.8 Å². The van der Waals surface area contributed by atoms with Gasteiger partial charge in [-0.2, -0.15) is 0 Å². The molecule has 0 bridgehead atoms. The van der Waals surface area contributed by atoms with Gasteiger partial charge in [0.1, 0.15) is 6.04 Å². The number of nitrogens with one attached hydrogen (secondary N) is 2. The van der Waals surface area contributed by atoms with Crippen LogP contribution in [0, 0.1) is 0 Å². The van der Waals surface area contributed by atoms with Crippen LogP contribution in [0.4, 0.5) is 0 Å². The van der Waals surface area contributed by atoms with Gasteiger partial charge in [-0.1, -0.05) is 30.3 Å². The molecule has 0 aliphatic heterocycles. The van der Waals surface area contributed by atoms with Crippen LogP contribution in [0.3, 0.4) is 0 Å². The SMILES string of the molecule is O=C(N[C@@H](Cc1cnc[nH]1)C(=O)O)c1ccc2ccccc2c1. The lowest BCUT2D eigenvalue weighted by Crippen LogP contribution is -2.42. The molecular formula is C17H15N3O3. The van der Waals surface area contributed by atoms with Crippen molar-refractivity contribution in [3.8, 4) is 0 Å². The van der Waals surface area contributed by atoms with E-state index in [9.17, 15) is 14.7 Å². The van der Waals surface area contributed by atoms with Crippen LogP contribution < -0.4 is 5.32 Å². The number of rotatable bonds is 5. The van der Waals surface area contributed by atoms with Crippen molar-refractivity contribution < 1.29 is 14.7 Å². The summed E-state index contributed by atoms with van der Waals surface area (Å²) >= 11 is 0. The number of aromatic nitrogens is 2. The highest BCUT2D eigenvalue weighted by Gasteiger charge is 2.21. The van der Waals surface area contributed by atoms with Crippen molar-refractivity contribution in [3.05, 3.63) is 66.2 Å². The number of nitrogens with zero attached hydrogens (tertiary/aromatic N) is 1. The summed E-state index contributed by atoms with van der Waals surface area (Å²) in [6.07, 6.45) is 3.16. The second-order valence-corrected chi connectivity index (χ2v) is 5.21. The fourth-order valence-electron chi connectivity index (χ4n) is 2.39. The number of carbonyl (C=O) groups excluding carboxylic acids is 1. The Labute approximate surface area is 132 Å². The zero-order valence-corrected chi connectivity index (χ0v) is 12.2. The molecule has 1 atom stereocenters. The molecule has 6 nitrogen and oxygen atoms in total. The molecule has 3 N–H and O–H groups in total. The van der Waals surface area contributed by atoms with E-state index in [1.807, 2.05) is 30.3 Å². The van der Waals surface area contributed by atoms with Gasteiger partial charge in [-0.3, -0.25) is 4.79 Å². The number of carboxylic acid groups (broad SMARTS) is 1. The molecule has 1 amide bonds. The van der Waals surface area contributed by atoms with E-state index in [1.165, 1.54) is 12.5 Å². The minimum Gasteiger partial charge on any atom is -0.480 e. The maximum absolute atomic E-state index is 12.3. The van der Waals surface area contributed by atoms with Crippen LogP contribution in [0.15, 0.2) is 55.0 Å². The number of H-pyrrole nitrogens is 1. The maximum Gasteiger partial charge on any atom is 0.326 e. The third-order valence-corrected chi connectivity index (χ3v) is 3.59. The van der Waals surface area contributed by atoms with Crippen molar-refractivity contribution in [1.29, 1.82) is 0 Å².